The molecule has 0 spiro atoms. The van der Waals surface area contributed by atoms with E-state index in [0.717, 1.165) is 10.9 Å². The van der Waals surface area contributed by atoms with Crippen molar-refractivity contribution >= 4 is 12.4 Å². The van der Waals surface area contributed by atoms with Crippen LogP contribution in [0.1, 0.15) is 38.8 Å². The number of hydrogen-bond donors (Lipinski definition) is 0. The quantitative estimate of drug-likeness (QED) is 0.654. The average molecular weight is 314 g/mol. The Bertz CT molecular complexity index is 701. The maximum Gasteiger partial charge on any atom is 0.121 e. The molecule has 2 aromatic carbocycles. The van der Waals surface area contributed by atoms with E-state index in [0.29, 0.717) is 0 Å². The molecular formula is C20H27OP. The van der Waals surface area contributed by atoms with Crippen LogP contribution in [0.15, 0.2) is 42.5 Å². The highest BCUT2D eigenvalue weighted by Gasteiger charge is 2.34. The third-order valence-electron chi connectivity index (χ3n) is 4.63. The molecule has 0 saturated carbocycles. The summed E-state index contributed by atoms with van der Waals surface area (Å²) in [4.78, 5) is 0. The smallest absolute Gasteiger partial charge is 0.121 e. The van der Waals surface area contributed by atoms with E-state index in [-0.39, 0.29) is 11.3 Å². The van der Waals surface area contributed by atoms with Crippen molar-refractivity contribution < 1.29 is 4.57 Å². The summed E-state index contributed by atoms with van der Waals surface area (Å²) in [5.74, 6) is 0. The molecule has 0 atom stereocenters. The Balaban J connectivity index is 2.70. The Morgan fingerprint density at radius 2 is 1.41 bits per heavy atom. The lowest BCUT2D eigenvalue weighted by Crippen LogP contribution is -2.21. The third kappa shape index (κ3) is 2.92. The molecule has 0 radical (unpaired) electrons. The van der Waals surface area contributed by atoms with Crippen LogP contribution >= 0.6 is 7.14 Å². The van der Waals surface area contributed by atoms with E-state index in [1.54, 1.807) is 0 Å². The molecule has 0 aliphatic carbocycles. The summed E-state index contributed by atoms with van der Waals surface area (Å²) in [5.41, 5.74) is 5.16. The summed E-state index contributed by atoms with van der Waals surface area (Å²) < 4.78 is 13.8. The predicted octanol–water partition coefficient (Wildman–Crippen LogP) is 5.78. The van der Waals surface area contributed by atoms with Crippen LogP contribution in [0.4, 0.5) is 0 Å². The Hall–Kier alpha value is -1.33. The second kappa shape index (κ2) is 6.42. The first-order valence-corrected chi connectivity index (χ1v) is 9.89. The molecule has 22 heavy (non-hydrogen) atoms. The van der Waals surface area contributed by atoms with Gasteiger partial charge in [-0.1, -0.05) is 70.2 Å². The van der Waals surface area contributed by atoms with Gasteiger partial charge in [-0.2, -0.15) is 0 Å². The fourth-order valence-electron chi connectivity index (χ4n) is 3.08. The summed E-state index contributed by atoms with van der Waals surface area (Å²) in [6.07, 6.45) is 0. The minimum atomic E-state index is -2.45. The molecule has 0 N–H and O–H groups in total. The molecule has 0 fully saturated rings. The third-order valence-corrected chi connectivity index (χ3v) is 8.84. The lowest BCUT2D eigenvalue weighted by atomic mass is 10.0. The fraction of sp³-hybridized carbons (Fsp3) is 0.400. The van der Waals surface area contributed by atoms with Gasteiger partial charge in [0.05, 0.1) is 0 Å². The van der Waals surface area contributed by atoms with Crippen LogP contribution in [0.5, 0.6) is 0 Å². The average Bonchev–Trinajstić information content (AvgIpc) is 2.48. The molecule has 0 heterocycles. The normalized spacial score (nSPS) is 12.2. The lowest BCUT2D eigenvalue weighted by Gasteiger charge is -2.28. The second-order valence-corrected chi connectivity index (χ2v) is 10.7. The van der Waals surface area contributed by atoms with Crippen molar-refractivity contribution in [2.75, 3.05) is 0 Å². The molecule has 0 aliphatic rings. The number of benzene rings is 2. The molecule has 0 aromatic heterocycles. The van der Waals surface area contributed by atoms with E-state index in [4.69, 9.17) is 0 Å². The standard InChI is InChI=1S/C20H27OP/c1-14(2)22(21,15(3)4)20-10-8-7-9-19(20)18-12-11-16(5)17(6)13-18/h7-15H,1-6H3. The van der Waals surface area contributed by atoms with Crippen molar-refractivity contribution in [1.82, 2.24) is 0 Å². The Morgan fingerprint density at radius 1 is 0.818 bits per heavy atom. The zero-order valence-corrected chi connectivity index (χ0v) is 15.4. The molecular weight excluding hydrogens is 287 g/mol. The first-order valence-electron chi connectivity index (χ1n) is 8.05. The molecule has 0 aliphatic heterocycles. The van der Waals surface area contributed by atoms with Crippen LogP contribution in [0.2, 0.25) is 0 Å². The molecule has 1 nitrogen and oxygen atoms in total. The van der Waals surface area contributed by atoms with Gasteiger partial charge in [0, 0.05) is 16.6 Å². The van der Waals surface area contributed by atoms with Gasteiger partial charge in [0.15, 0.2) is 0 Å². The molecule has 0 bridgehead atoms. The molecule has 0 unspecified atom stereocenters. The van der Waals surface area contributed by atoms with Crippen LogP contribution in [0.3, 0.4) is 0 Å². The fourth-order valence-corrected chi connectivity index (χ4v) is 6.29. The largest absolute Gasteiger partial charge is 0.318 e. The van der Waals surface area contributed by atoms with E-state index in [2.05, 4.69) is 71.9 Å². The van der Waals surface area contributed by atoms with Crippen molar-refractivity contribution in [3.63, 3.8) is 0 Å². The van der Waals surface area contributed by atoms with Gasteiger partial charge in [0.2, 0.25) is 0 Å². The highest BCUT2D eigenvalue weighted by molar-refractivity contribution is 7.73. The van der Waals surface area contributed by atoms with Gasteiger partial charge in [-0.3, -0.25) is 0 Å². The predicted molar refractivity (Wildman–Crippen MR) is 98.9 cm³/mol. The Morgan fingerprint density at radius 3 is 1.95 bits per heavy atom. The maximum atomic E-state index is 13.8. The van der Waals surface area contributed by atoms with Crippen molar-refractivity contribution in [2.24, 2.45) is 0 Å². The van der Waals surface area contributed by atoms with E-state index in [1.807, 2.05) is 12.1 Å². The van der Waals surface area contributed by atoms with Gasteiger partial charge < -0.3 is 4.57 Å². The molecule has 2 rings (SSSR count). The summed E-state index contributed by atoms with van der Waals surface area (Å²) in [5, 5.41) is 1.03. The van der Waals surface area contributed by atoms with Crippen molar-refractivity contribution in [3.8, 4) is 11.1 Å². The molecule has 0 amide bonds. The van der Waals surface area contributed by atoms with Gasteiger partial charge in [0.25, 0.3) is 0 Å². The topological polar surface area (TPSA) is 17.1 Å². The van der Waals surface area contributed by atoms with E-state index >= 15 is 0 Å². The Kier molecular flexibility index (Phi) is 4.97. The van der Waals surface area contributed by atoms with Crippen LogP contribution in [-0.4, -0.2) is 11.3 Å². The number of aryl methyl sites for hydroxylation is 2. The van der Waals surface area contributed by atoms with Crippen LogP contribution in [0.25, 0.3) is 11.1 Å². The first kappa shape index (κ1) is 17.0. The van der Waals surface area contributed by atoms with E-state index in [1.165, 1.54) is 16.7 Å². The first-order chi connectivity index (χ1) is 10.3. The van der Waals surface area contributed by atoms with Crippen molar-refractivity contribution in [3.05, 3.63) is 53.6 Å². The highest BCUT2D eigenvalue weighted by Crippen LogP contribution is 2.55. The molecule has 0 saturated heterocycles. The lowest BCUT2D eigenvalue weighted by molar-refractivity contribution is 0.569. The van der Waals surface area contributed by atoms with Crippen molar-refractivity contribution in [2.45, 2.75) is 52.9 Å². The minimum absolute atomic E-state index is 0.153. The van der Waals surface area contributed by atoms with Gasteiger partial charge >= 0.3 is 0 Å². The van der Waals surface area contributed by atoms with Gasteiger partial charge in [-0.15, -0.1) is 0 Å². The van der Waals surface area contributed by atoms with Crippen LogP contribution in [0, 0.1) is 13.8 Å². The molecule has 2 heteroatoms. The Labute approximate surface area is 135 Å². The van der Waals surface area contributed by atoms with Crippen LogP contribution in [-0.2, 0) is 4.57 Å². The second-order valence-electron chi connectivity index (χ2n) is 6.71. The number of hydrogen-bond acceptors (Lipinski definition) is 1. The monoisotopic (exact) mass is 314 g/mol. The summed E-state index contributed by atoms with van der Waals surface area (Å²) in [6, 6.07) is 14.7. The highest BCUT2D eigenvalue weighted by atomic mass is 31.2. The maximum absolute atomic E-state index is 13.8. The summed E-state index contributed by atoms with van der Waals surface area (Å²) in [7, 11) is -2.45. The van der Waals surface area contributed by atoms with Gasteiger partial charge in [-0.05, 0) is 36.1 Å². The summed E-state index contributed by atoms with van der Waals surface area (Å²) >= 11 is 0. The van der Waals surface area contributed by atoms with Gasteiger partial charge in [-0.25, -0.2) is 0 Å². The minimum Gasteiger partial charge on any atom is -0.318 e. The van der Waals surface area contributed by atoms with E-state index < -0.39 is 7.14 Å². The number of rotatable bonds is 4. The zero-order valence-electron chi connectivity index (χ0n) is 14.6. The SMILES string of the molecule is Cc1ccc(-c2ccccc2P(=O)(C(C)C)C(C)C)cc1C. The molecule has 2 aromatic rings. The summed E-state index contributed by atoms with van der Waals surface area (Å²) in [6.45, 7) is 12.6. The molecule has 118 valence electrons. The van der Waals surface area contributed by atoms with Crippen LogP contribution < -0.4 is 5.30 Å². The zero-order chi connectivity index (χ0) is 16.5. The van der Waals surface area contributed by atoms with Crippen molar-refractivity contribution in [1.29, 1.82) is 0 Å². The van der Waals surface area contributed by atoms with E-state index in [9.17, 15) is 4.57 Å². The van der Waals surface area contributed by atoms with Gasteiger partial charge in [0.1, 0.15) is 7.14 Å².